The lowest BCUT2D eigenvalue weighted by Gasteiger charge is -2.13. The Hall–Kier alpha value is -3.42. The minimum absolute atomic E-state index is 0.0407. The van der Waals surface area contributed by atoms with Crippen LogP contribution in [-0.2, 0) is 12.7 Å². The first kappa shape index (κ1) is 19.3. The fourth-order valence-corrected chi connectivity index (χ4v) is 2.50. The van der Waals surface area contributed by atoms with Crippen molar-refractivity contribution in [1.29, 1.82) is 0 Å². The second kappa shape index (κ2) is 8.08. The third-order valence-corrected chi connectivity index (χ3v) is 3.88. The number of para-hydroxylation sites is 1. The van der Waals surface area contributed by atoms with Crippen molar-refractivity contribution < 1.29 is 22.4 Å². The molecular formula is C20H15F4N3O. The Bertz CT molecular complexity index is 972. The van der Waals surface area contributed by atoms with Crippen molar-refractivity contribution >= 4 is 17.3 Å². The molecule has 0 spiro atoms. The molecule has 28 heavy (non-hydrogen) atoms. The third-order valence-electron chi connectivity index (χ3n) is 3.88. The summed E-state index contributed by atoms with van der Waals surface area (Å²) in [5, 5.41) is 5.30. The summed E-state index contributed by atoms with van der Waals surface area (Å²) >= 11 is 0. The van der Waals surface area contributed by atoms with Crippen LogP contribution in [0.1, 0.15) is 21.6 Å². The van der Waals surface area contributed by atoms with Gasteiger partial charge in [-0.1, -0.05) is 24.3 Å². The molecule has 3 aromatic rings. The van der Waals surface area contributed by atoms with Crippen LogP contribution in [0.2, 0.25) is 0 Å². The van der Waals surface area contributed by atoms with E-state index in [1.54, 1.807) is 18.2 Å². The van der Waals surface area contributed by atoms with Crippen LogP contribution in [0.5, 0.6) is 0 Å². The van der Waals surface area contributed by atoms with Crippen LogP contribution in [0.15, 0.2) is 66.9 Å². The molecular weight excluding hydrogens is 374 g/mol. The number of carbonyl (C=O) groups excluding carboxylic acids is 1. The zero-order valence-electron chi connectivity index (χ0n) is 14.4. The Morgan fingerprint density at radius 2 is 1.71 bits per heavy atom. The predicted octanol–water partition coefficient (Wildman–Crippen LogP) is 5.10. The van der Waals surface area contributed by atoms with Crippen LogP contribution < -0.4 is 10.6 Å². The van der Waals surface area contributed by atoms with Crippen molar-refractivity contribution in [1.82, 2.24) is 4.98 Å². The Labute approximate surface area is 158 Å². The zero-order chi connectivity index (χ0) is 20.1. The van der Waals surface area contributed by atoms with Gasteiger partial charge in [-0.05, 0) is 42.0 Å². The van der Waals surface area contributed by atoms with E-state index in [1.807, 2.05) is 0 Å². The van der Waals surface area contributed by atoms with Gasteiger partial charge in [-0.25, -0.2) is 4.39 Å². The van der Waals surface area contributed by atoms with E-state index in [9.17, 15) is 22.4 Å². The highest BCUT2D eigenvalue weighted by Gasteiger charge is 2.33. The maximum Gasteiger partial charge on any atom is 0.418 e. The maximum absolute atomic E-state index is 13.1. The molecule has 2 aromatic carbocycles. The van der Waals surface area contributed by atoms with E-state index < -0.39 is 17.6 Å². The topological polar surface area (TPSA) is 54.0 Å². The number of pyridine rings is 1. The number of anilines is 2. The highest BCUT2D eigenvalue weighted by atomic mass is 19.4. The largest absolute Gasteiger partial charge is 0.418 e. The molecule has 0 atom stereocenters. The monoisotopic (exact) mass is 389 g/mol. The van der Waals surface area contributed by atoms with E-state index in [1.165, 1.54) is 42.6 Å². The minimum Gasteiger partial charge on any atom is -0.381 e. The van der Waals surface area contributed by atoms with Crippen LogP contribution in [0.25, 0.3) is 0 Å². The molecule has 0 radical (unpaired) electrons. The quantitative estimate of drug-likeness (QED) is 0.597. The van der Waals surface area contributed by atoms with Crippen LogP contribution in [0, 0.1) is 5.82 Å². The standard InChI is InChI=1S/C20H15F4N3O/c21-14-7-5-13(6-8-14)12-26-15-9-10-25-18(11-15)19(28)27-17-4-2-1-3-16(17)20(22,23)24/h1-11H,12H2,(H,25,26)(H,27,28). The fourth-order valence-electron chi connectivity index (χ4n) is 2.50. The van der Waals surface area contributed by atoms with E-state index in [0.717, 1.165) is 11.6 Å². The van der Waals surface area contributed by atoms with Gasteiger partial charge in [-0.3, -0.25) is 9.78 Å². The Morgan fingerprint density at radius 1 is 1.00 bits per heavy atom. The van der Waals surface area contributed by atoms with E-state index in [4.69, 9.17) is 0 Å². The first-order valence-electron chi connectivity index (χ1n) is 8.25. The average Bonchev–Trinajstić information content (AvgIpc) is 2.67. The van der Waals surface area contributed by atoms with Gasteiger partial charge in [-0.2, -0.15) is 13.2 Å². The van der Waals surface area contributed by atoms with E-state index >= 15 is 0 Å². The van der Waals surface area contributed by atoms with E-state index in [-0.39, 0.29) is 17.2 Å². The van der Waals surface area contributed by atoms with Gasteiger partial charge >= 0.3 is 6.18 Å². The smallest absolute Gasteiger partial charge is 0.381 e. The highest BCUT2D eigenvalue weighted by molar-refractivity contribution is 6.03. The van der Waals surface area contributed by atoms with Gasteiger partial charge in [0.1, 0.15) is 11.5 Å². The summed E-state index contributed by atoms with van der Waals surface area (Å²) in [6.07, 6.45) is -3.21. The summed E-state index contributed by atoms with van der Waals surface area (Å²) in [4.78, 5) is 16.3. The van der Waals surface area contributed by atoms with Gasteiger partial charge in [0.2, 0.25) is 0 Å². The number of carbonyl (C=O) groups is 1. The van der Waals surface area contributed by atoms with Crippen molar-refractivity contribution in [3.05, 3.63) is 89.5 Å². The molecule has 0 bridgehead atoms. The predicted molar refractivity (Wildman–Crippen MR) is 97.4 cm³/mol. The van der Waals surface area contributed by atoms with Gasteiger partial charge in [0.15, 0.2) is 0 Å². The molecule has 0 unspecified atom stereocenters. The minimum atomic E-state index is -4.59. The lowest BCUT2D eigenvalue weighted by atomic mass is 10.1. The number of benzene rings is 2. The summed E-state index contributed by atoms with van der Waals surface area (Å²) < 4.78 is 52.1. The van der Waals surface area contributed by atoms with Crippen LogP contribution in [0.3, 0.4) is 0 Å². The van der Waals surface area contributed by atoms with Crippen LogP contribution in [-0.4, -0.2) is 10.9 Å². The lowest BCUT2D eigenvalue weighted by Crippen LogP contribution is -2.17. The number of nitrogens with one attached hydrogen (secondary N) is 2. The van der Waals surface area contributed by atoms with Gasteiger partial charge in [0.25, 0.3) is 5.91 Å². The summed E-state index contributed by atoms with van der Waals surface area (Å²) in [5.41, 5.74) is 0.0541. The molecule has 0 saturated heterocycles. The summed E-state index contributed by atoms with van der Waals surface area (Å²) in [7, 11) is 0. The molecule has 0 saturated carbocycles. The summed E-state index contributed by atoms with van der Waals surface area (Å²) in [6, 6.07) is 13.7. The van der Waals surface area contributed by atoms with Gasteiger partial charge in [-0.15, -0.1) is 0 Å². The Kier molecular flexibility index (Phi) is 5.58. The van der Waals surface area contributed by atoms with E-state index in [0.29, 0.717) is 12.2 Å². The fraction of sp³-hybridized carbons (Fsp3) is 0.100. The Balaban J connectivity index is 1.72. The van der Waals surface area contributed by atoms with Crippen LogP contribution in [0.4, 0.5) is 28.9 Å². The molecule has 0 aliphatic carbocycles. The average molecular weight is 389 g/mol. The number of hydrogen-bond acceptors (Lipinski definition) is 3. The van der Waals surface area contributed by atoms with Gasteiger partial charge < -0.3 is 10.6 Å². The number of hydrogen-bond donors (Lipinski definition) is 2. The molecule has 1 amide bonds. The number of nitrogens with zero attached hydrogens (tertiary/aromatic N) is 1. The first-order chi connectivity index (χ1) is 13.3. The van der Waals surface area contributed by atoms with Crippen LogP contribution >= 0.6 is 0 Å². The molecule has 1 heterocycles. The first-order valence-corrected chi connectivity index (χ1v) is 8.25. The van der Waals surface area contributed by atoms with Gasteiger partial charge in [0, 0.05) is 18.4 Å². The number of aromatic nitrogens is 1. The summed E-state index contributed by atoms with van der Waals surface area (Å²) in [5.74, 6) is -1.10. The molecule has 144 valence electrons. The second-order valence-electron chi connectivity index (χ2n) is 5.91. The SMILES string of the molecule is O=C(Nc1ccccc1C(F)(F)F)c1cc(NCc2ccc(F)cc2)ccn1. The van der Waals surface area contributed by atoms with Gasteiger partial charge in [0.05, 0.1) is 11.3 Å². The number of halogens is 4. The molecule has 8 heteroatoms. The molecule has 0 fully saturated rings. The molecule has 0 aliphatic heterocycles. The lowest BCUT2D eigenvalue weighted by molar-refractivity contribution is -0.136. The number of alkyl halides is 3. The Morgan fingerprint density at radius 3 is 2.43 bits per heavy atom. The summed E-state index contributed by atoms with van der Waals surface area (Å²) in [6.45, 7) is 0.377. The third kappa shape index (κ3) is 4.85. The zero-order valence-corrected chi connectivity index (χ0v) is 14.4. The van der Waals surface area contributed by atoms with Crippen molar-refractivity contribution in [2.75, 3.05) is 10.6 Å². The normalized spacial score (nSPS) is 11.1. The van der Waals surface area contributed by atoms with Crippen molar-refractivity contribution in [2.24, 2.45) is 0 Å². The van der Waals surface area contributed by atoms with Crippen molar-refractivity contribution in [3.8, 4) is 0 Å². The molecule has 4 nitrogen and oxygen atoms in total. The number of amides is 1. The molecule has 2 N–H and O–H groups in total. The molecule has 3 rings (SSSR count). The molecule has 1 aromatic heterocycles. The second-order valence-corrected chi connectivity index (χ2v) is 5.91. The van der Waals surface area contributed by atoms with Crippen molar-refractivity contribution in [3.63, 3.8) is 0 Å². The molecule has 0 aliphatic rings. The maximum atomic E-state index is 13.1. The van der Waals surface area contributed by atoms with Crippen molar-refractivity contribution in [2.45, 2.75) is 12.7 Å². The number of rotatable bonds is 5. The van der Waals surface area contributed by atoms with E-state index in [2.05, 4.69) is 15.6 Å². The highest BCUT2D eigenvalue weighted by Crippen LogP contribution is 2.34.